The SMILES string of the molecule is C=COCCCNC(=O)c1ccnc(F)c1F. The number of nitrogens with zero attached hydrogens (tertiary/aromatic N) is 1. The molecule has 4 nitrogen and oxygen atoms in total. The van der Waals surface area contributed by atoms with Gasteiger partial charge >= 0.3 is 0 Å². The Kier molecular flexibility index (Phi) is 5.06. The molecule has 0 aliphatic heterocycles. The molecule has 0 saturated heterocycles. The van der Waals surface area contributed by atoms with E-state index in [-0.39, 0.29) is 5.56 Å². The topological polar surface area (TPSA) is 51.2 Å². The molecule has 0 aliphatic carbocycles. The molecular weight excluding hydrogens is 230 g/mol. The third kappa shape index (κ3) is 3.82. The largest absolute Gasteiger partial charge is 0.502 e. The molecular formula is C11H12F2N2O2. The van der Waals surface area contributed by atoms with Crippen molar-refractivity contribution in [2.75, 3.05) is 13.2 Å². The summed E-state index contributed by atoms with van der Waals surface area (Å²) in [5.41, 5.74) is -0.359. The van der Waals surface area contributed by atoms with Crippen LogP contribution >= 0.6 is 0 Å². The zero-order valence-corrected chi connectivity index (χ0v) is 9.08. The fourth-order valence-corrected chi connectivity index (χ4v) is 1.13. The molecule has 92 valence electrons. The summed E-state index contributed by atoms with van der Waals surface area (Å²) in [6.07, 6.45) is 2.88. The average Bonchev–Trinajstić information content (AvgIpc) is 2.32. The van der Waals surface area contributed by atoms with Gasteiger partial charge in [-0.2, -0.15) is 4.39 Å². The first-order chi connectivity index (χ1) is 8.16. The van der Waals surface area contributed by atoms with Gasteiger partial charge in [-0.15, -0.1) is 0 Å². The number of aromatic nitrogens is 1. The fourth-order valence-electron chi connectivity index (χ4n) is 1.13. The van der Waals surface area contributed by atoms with E-state index in [1.54, 1.807) is 0 Å². The van der Waals surface area contributed by atoms with E-state index in [0.29, 0.717) is 19.6 Å². The third-order valence-corrected chi connectivity index (χ3v) is 1.93. The van der Waals surface area contributed by atoms with E-state index in [2.05, 4.69) is 16.9 Å². The van der Waals surface area contributed by atoms with E-state index >= 15 is 0 Å². The molecule has 0 spiro atoms. The Hall–Kier alpha value is -1.98. The van der Waals surface area contributed by atoms with Crippen LogP contribution in [0.2, 0.25) is 0 Å². The highest BCUT2D eigenvalue weighted by molar-refractivity contribution is 5.94. The molecule has 0 saturated carbocycles. The van der Waals surface area contributed by atoms with Crippen LogP contribution in [0.25, 0.3) is 0 Å². The Balaban J connectivity index is 2.47. The lowest BCUT2D eigenvalue weighted by atomic mass is 10.2. The standard InChI is InChI=1S/C11H12F2N2O2/c1-2-17-7-3-5-15-11(16)8-4-6-14-10(13)9(8)12/h2,4,6H,1,3,5,7H2,(H,15,16). The van der Waals surface area contributed by atoms with Gasteiger partial charge in [0.1, 0.15) is 0 Å². The van der Waals surface area contributed by atoms with Crippen molar-refractivity contribution in [1.29, 1.82) is 0 Å². The number of carbonyl (C=O) groups is 1. The first kappa shape index (κ1) is 13.1. The van der Waals surface area contributed by atoms with Crippen molar-refractivity contribution < 1.29 is 18.3 Å². The van der Waals surface area contributed by atoms with Gasteiger partial charge in [0.25, 0.3) is 5.91 Å². The molecule has 17 heavy (non-hydrogen) atoms. The van der Waals surface area contributed by atoms with Gasteiger partial charge in [0, 0.05) is 12.7 Å². The summed E-state index contributed by atoms with van der Waals surface area (Å²) in [7, 11) is 0. The molecule has 6 heteroatoms. The Morgan fingerprint density at radius 1 is 1.59 bits per heavy atom. The van der Waals surface area contributed by atoms with Gasteiger partial charge in [-0.1, -0.05) is 6.58 Å². The van der Waals surface area contributed by atoms with Crippen LogP contribution in [0.5, 0.6) is 0 Å². The van der Waals surface area contributed by atoms with Crippen LogP contribution in [0.4, 0.5) is 8.78 Å². The predicted molar refractivity (Wildman–Crippen MR) is 57.3 cm³/mol. The molecule has 0 aromatic carbocycles. The number of halogens is 2. The average molecular weight is 242 g/mol. The lowest BCUT2D eigenvalue weighted by Gasteiger charge is -2.05. The van der Waals surface area contributed by atoms with Crippen LogP contribution in [0.1, 0.15) is 16.8 Å². The third-order valence-electron chi connectivity index (χ3n) is 1.93. The minimum absolute atomic E-state index is 0.302. The van der Waals surface area contributed by atoms with Gasteiger partial charge < -0.3 is 10.1 Å². The summed E-state index contributed by atoms with van der Waals surface area (Å²) >= 11 is 0. The van der Waals surface area contributed by atoms with Crippen molar-refractivity contribution in [2.24, 2.45) is 0 Å². The van der Waals surface area contributed by atoms with Crippen LogP contribution in [0.15, 0.2) is 25.1 Å². The second-order valence-corrected chi connectivity index (χ2v) is 3.11. The highest BCUT2D eigenvalue weighted by atomic mass is 19.2. The zero-order valence-electron chi connectivity index (χ0n) is 9.08. The number of nitrogens with one attached hydrogen (secondary N) is 1. The quantitative estimate of drug-likeness (QED) is 0.468. The highest BCUT2D eigenvalue weighted by Crippen LogP contribution is 2.08. The summed E-state index contributed by atoms with van der Waals surface area (Å²) in [4.78, 5) is 14.5. The summed E-state index contributed by atoms with van der Waals surface area (Å²) in [6.45, 7) is 4.06. The molecule has 0 unspecified atom stereocenters. The number of pyridine rings is 1. The molecule has 1 heterocycles. The molecule has 1 N–H and O–H groups in total. The maximum Gasteiger partial charge on any atom is 0.254 e. The smallest absolute Gasteiger partial charge is 0.254 e. The van der Waals surface area contributed by atoms with E-state index in [1.807, 2.05) is 0 Å². The number of hydrogen-bond acceptors (Lipinski definition) is 3. The number of carbonyl (C=O) groups excluding carboxylic acids is 1. The summed E-state index contributed by atoms with van der Waals surface area (Å²) < 4.78 is 30.7. The second kappa shape index (κ2) is 6.57. The van der Waals surface area contributed by atoms with Crippen LogP contribution in [0.3, 0.4) is 0 Å². The normalized spacial score (nSPS) is 9.76. The number of hydrogen-bond donors (Lipinski definition) is 1. The van der Waals surface area contributed by atoms with Gasteiger partial charge in [0.2, 0.25) is 5.95 Å². The maximum absolute atomic E-state index is 13.1. The van der Waals surface area contributed by atoms with Crippen LogP contribution in [0, 0.1) is 11.8 Å². The molecule has 1 rings (SSSR count). The van der Waals surface area contributed by atoms with Crippen LogP contribution in [-0.4, -0.2) is 24.0 Å². The minimum atomic E-state index is -1.28. The number of ether oxygens (including phenoxy) is 1. The van der Waals surface area contributed by atoms with Crippen LogP contribution < -0.4 is 5.32 Å². The summed E-state index contributed by atoms with van der Waals surface area (Å²) in [5, 5.41) is 2.44. The van der Waals surface area contributed by atoms with Crippen molar-refractivity contribution >= 4 is 5.91 Å². The van der Waals surface area contributed by atoms with Crippen molar-refractivity contribution in [3.8, 4) is 0 Å². The summed E-state index contributed by atoms with van der Waals surface area (Å²) in [6, 6.07) is 1.12. The maximum atomic E-state index is 13.1. The first-order valence-corrected chi connectivity index (χ1v) is 4.97. The van der Waals surface area contributed by atoms with Gasteiger partial charge in [-0.25, -0.2) is 9.37 Å². The Morgan fingerprint density at radius 2 is 2.35 bits per heavy atom. The molecule has 1 aromatic rings. The van der Waals surface area contributed by atoms with E-state index in [1.165, 1.54) is 6.26 Å². The molecule has 1 amide bonds. The molecule has 1 aromatic heterocycles. The Morgan fingerprint density at radius 3 is 3.06 bits per heavy atom. The highest BCUT2D eigenvalue weighted by Gasteiger charge is 2.15. The van der Waals surface area contributed by atoms with Crippen molar-refractivity contribution in [2.45, 2.75) is 6.42 Å². The van der Waals surface area contributed by atoms with Crippen molar-refractivity contribution in [3.63, 3.8) is 0 Å². The van der Waals surface area contributed by atoms with Gasteiger partial charge in [0.05, 0.1) is 18.4 Å². The van der Waals surface area contributed by atoms with Crippen molar-refractivity contribution in [3.05, 3.63) is 42.4 Å². The zero-order chi connectivity index (χ0) is 12.7. The van der Waals surface area contributed by atoms with Gasteiger partial charge in [-0.05, 0) is 12.5 Å². The lowest BCUT2D eigenvalue weighted by Crippen LogP contribution is -2.26. The molecule has 0 bridgehead atoms. The van der Waals surface area contributed by atoms with Gasteiger partial charge in [-0.3, -0.25) is 4.79 Å². The first-order valence-electron chi connectivity index (χ1n) is 4.97. The van der Waals surface area contributed by atoms with E-state index < -0.39 is 17.7 Å². The number of rotatable bonds is 6. The second-order valence-electron chi connectivity index (χ2n) is 3.11. The molecule has 0 fully saturated rings. The molecule has 0 aliphatic rings. The van der Waals surface area contributed by atoms with Crippen LogP contribution in [-0.2, 0) is 4.74 Å². The molecule has 0 radical (unpaired) electrons. The predicted octanol–water partition coefficient (Wildman–Crippen LogP) is 1.64. The van der Waals surface area contributed by atoms with Crippen molar-refractivity contribution in [1.82, 2.24) is 10.3 Å². The van der Waals surface area contributed by atoms with E-state index in [4.69, 9.17) is 4.74 Å². The van der Waals surface area contributed by atoms with E-state index in [9.17, 15) is 13.6 Å². The Labute approximate surface area is 97.3 Å². The summed E-state index contributed by atoms with van der Waals surface area (Å²) in [5.74, 6) is -3.21. The lowest BCUT2D eigenvalue weighted by molar-refractivity contribution is 0.0945. The van der Waals surface area contributed by atoms with E-state index in [0.717, 1.165) is 12.3 Å². The fraction of sp³-hybridized carbons (Fsp3) is 0.273. The van der Waals surface area contributed by atoms with Gasteiger partial charge in [0.15, 0.2) is 5.82 Å². The minimum Gasteiger partial charge on any atom is -0.502 e. The number of amides is 1. The monoisotopic (exact) mass is 242 g/mol. The Bertz CT molecular complexity index is 410. The molecule has 0 atom stereocenters.